The lowest BCUT2D eigenvalue weighted by Crippen LogP contribution is -2.43. The summed E-state index contributed by atoms with van der Waals surface area (Å²) in [7, 11) is -4.22. The molecule has 0 spiro atoms. The smallest absolute Gasteiger partial charge is 0.413 e. The van der Waals surface area contributed by atoms with Gasteiger partial charge in [0.25, 0.3) is 5.56 Å². The number of ether oxygens (including phenoxy) is 1. The molecule has 2 heterocycles. The van der Waals surface area contributed by atoms with E-state index in [1.165, 1.54) is 57.1 Å². The quantitative estimate of drug-likeness (QED) is 0.0498. The van der Waals surface area contributed by atoms with Gasteiger partial charge in [0.2, 0.25) is 0 Å². The third-order valence-corrected chi connectivity index (χ3v) is 10.5. The first-order chi connectivity index (χ1) is 24.4. The van der Waals surface area contributed by atoms with E-state index >= 15 is 4.39 Å². The van der Waals surface area contributed by atoms with Crippen molar-refractivity contribution < 1.29 is 37.0 Å². The van der Waals surface area contributed by atoms with Gasteiger partial charge in [0, 0.05) is 31.6 Å². The summed E-state index contributed by atoms with van der Waals surface area (Å²) in [6, 6.07) is 5.73. The van der Waals surface area contributed by atoms with Crippen LogP contribution in [-0.2, 0) is 18.6 Å². The second-order valence-electron chi connectivity index (χ2n) is 13.4. The van der Waals surface area contributed by atoms with Gasteiger partial charge in [0.05, 0.1) is 6.61 Å². The summed E-state index contributed by atoms with van der Waals surface area (Å²) in [5.74, 6) is -0.421. The van der Waals surface area contributed by atoms with Crippen LogP contribution in [0.25, 0.3) is 0 Å². The minimum atomic E-state index is -4.22. The number of nitrogens with one attached hydrogen (secondary N) is 2. The van der Waals surface area contributed by atoms with Crippen molar-refractivity contribution in [3.8, 4) is 5.75 Å². The molecule has 1 saturated heterocycles. The number of halogens is 2. The van der Waals surface area contributed by atoms with Crippen LogP contribution in [0.4, 0.5) is 8.78 Å². The Bertz CT molecular complexity index is 1510. The van der Waals surface area contributed by atoms with Crippen LogP contribution in [0.15, 0.2) is 58.3 Å². The van der Waals surface area contributed by atoms with Gasteiger partial charge in [-0.3, -0.25) is 23.7 Å². The predicted octanol–water partition coefficient (Wildman–Crippen LogP) is 7.84. The Hall–Kier alpha value is -2.96. The Labute approximate surface area is 299 Å². The molecule has 2 aromatic rings. The molecule has 14 heteroatoms. The fraction of sp³-hybridized carbons (Fsp3) is 0.649. The number of nitrogens with zero attached hydrogens (tertiary/aromatic N) is 1. The van der Waals surface area contributed by atoms with E-state index in [1.807, 2.05) is 4.98 Å². The van der Waals surface area contributed by atoms with Gasteiger partial charge in [0.1, 0.15) is 29.6 Å². The number of unbranched alkanes of at least 4 members (excludes halogenated alkanes) is 11. The van der Waals surface area contributed by atoms with Crippen molar-refractivity contribution in [3.05, 3.63) is 75.3 Å². The van der Waals surface area contributed by atoms with Crippen LogP contribution in [0.1, 0.15) is 123 Å². The molecular formula is C37H56F2N3O8P. The zero-order valence-electron chi connectivity index (χ0n) is 30.0. The van der Waals surface area contributed by atoms with Crippen LogP contribution < -0.4 is 20.9 Å². The molecule has 0 amide bonds. The largest absolute Gasteiger partial charge is 0.458 e. The van der Waals surface area contributed by atoms with E-state index in [2.05, 4.69) is 24.2 Å². The highest BCUT2D eigenvalue weighted by atomic mass is 31.2. The molecule has 1 aromatic carbocycles. The predicted molar refractivity (Wildman–Crippen MR) is 193 cm³/mol. The van der Waals surface area contributed by atoms with Crippen molar-refractivity contribution in [2.24, 2.45) is 0 Å². The number of aliphatic hydroxyl groups excluding tert-OH is 1. The van der Waals surface area contributed by atoms with Gasteiger partial charge < -0.3 is 14.4 Å². The number of carbonyl (C=O) groups excluding carboxylic acids is 1. The van der Waals surface area contributed by atoms with Crippen LogP contribution in [-0.4, -0.2) is 51.5 Å². The van der Waals surface area contributed by atoms with Gasteiger partial charge in [-0.05, 0) is 69.7 Å². The number of ketones is 1. The Morgan fingerprint density at radius 3 is 2.24 bits per heavy atom. The van der Waals surface area contributed by atoms with Crippen molar-refractivity contribution in [2.45, 2.75) is 141 Å². The van der Waals surface area contributed by atoms with Gasteiger partial charge in [-0.2, -0.15) is 0 Å². The van der Waals surface area contributed by atoms with Gasteiger partial charge >= 0.3 is 13.4 Å². The molecule has 51 heavy (non-hydrogen) atoms. The lowest BCUT2D eigenvalue weighted by Gasteiger charge is -2.24. The van der Waals surface area contributed by atoms with Gasteiger partial charge in [0.15, 0.2) is 11.9 Å². The normalized spacial score (nSPS) is 21.6. The number of Topliss-reactive ketones (excluding diaryl/α,β-unsaturated/α-hetero) is 1. The summed E-state index contributed by atoms with van der Waals surface area (Å²) in [6.07, 6.45) is 17.3. The lowest BCUT2D eigenvalue weighted by atomic mass is 9.98. The summed E-state index contributed by atoms with van der Waals surface area (Å²) in [4.78, 5) is 38.2. The molecule has 1 fully saturated rings. The first-order valence-corrected chi connectivity index (χ1v) is 19.9. The van der Waals surface area contributed by atoms with E-state index in [0.717, 1.165) is 74.4 Å². The summed E-state index contributed by atoms with van der Waals surface area (Å²) in [5.41, 5.74) is -4.12. The first-order valence-electron chi connectivity index (χ1n) is 18.4. The van der Waals surface area contributed by atoms with Gasteiger partial charge in [-0.1, -0.05) is 70.4 Å². The number of carbonyl (C=O) groups is 1. The van der Waals surface area contributed by atoms with E-state index in [0.29, 0.717) is 12.8 Å². The van der Waals surface area contributed by atoms with Crippen LogP contribution >= 0.6 is 7.75 Å². The lowest BCUT2D eigenvalue weighted by molar-refractivity contribution is -0.119. The summed E-state index contributed by atoms with van der Waals surface area (Å²) in [6.45, 7) is 2.72. The topological polar surface area (TPSA) is 149 Å². The molecule has 5 atom stereocenters. The standard InChI is InChI=1S/C37H56F2N3O8P/c1-3-4-5-6-7-8-9-10-11-12-13-14-15-16-17-19-30(43)20-18-26-40-51(47,50-31-23-21-29(38)22-24-31)48-28-32-34(45)37(2,39)35(49-32)42-27-25-33(44)41-36(42)46/h10-11,21-25,27,32,34-35,45H,3-9,12-20,26,28H2,1-2H3,(H,40,47)(H,41,44,46)/b11-10-/t32-,34-,35-,37-,51?/m1/s1. The molecule has 0 bridgehead atoms. The Kier molecular flexibility index (Phi) is 18.5. The fourth-order valence-electron chi connectivity index (χ4n) is 5.89. The highest BCUT2D eigenvalue weighted by molar-refractivity contribution is 7.52. The first kappa shape index (κ1) is 42.5. The molecular weight excluding hydrogens is 683 g/mol. The minimum Gasteiger partial charge on any atom is -0.413 e. The number of alkyl halides is 1. The monoisotopic (exact) mass is 739 g/mol. The highest BCUT2D eigenvalue weighted by Crippen LogP contribution is 2.47. The molecule has 3 rings (SSSR count). The van der Waals surface area contributed by atoms with Crippen LogP contribution in [0, 0.1) is 5.82 Å². The Morgan fingerprint density at radius 1 is 0.980 bits per heavy atom. The Balaban J connectivity index is 1.39. The summed E-state index contributed by atoms with van der Waals surface area (Å²) < 4.78 is 60.3. The molecule has 11 nitrogen and oxygen atoms in total. The number of aromatic amines is 1. The van der Waals surface area contributed by atoms with E-state index in [-0.39, 0.29) is 24.5 Å². The average Bonchev–Trinajstić information content (AvgIpc) is 3.32. The van der Waals surface area contributed by atoms with E-state index < -0.39 is 55.5 Å². The minimum absolute atomic E-state index is 0.0217. The van der Waals surface area contributed by atoms with Crippen molar-refractivity contribution in [2.75, 3.05) is 13.2 Å². The van der Waals surface area contributed by atoms with Crippen molar-refractivity contribution in [1.82, 2.24) is 14.6 Å². The maximum absolute atomic E-state index is 15.6. The van der Waals surface area contributed by atoms with Crippen molar-refractivity contribution in [1.29, 1.82) is 0 Å². The van der Waals surface area contributed by atoms with Crippen LogP contribution in [0.2, 0.25) is 0 Å². The van der Waals surface area contributed by atoms with E-state index in [9.17, 15) is 28.4 Å². The van der Waals surface area contributed by atoms with Gasteiger partial charge in [-0.25, -0.2) is 23.2 Å². The maximum atomic E-state index is 15.6. The number of aliphatic hydroxyl groups is 1. The number of benzene rings is 1. The second kappa shape index (κ2) is 22.2. The summed E-state index contributed by atoms with van der Waals surface area (Å²) in [5, 5.41) is 13.4. The highest BCUT2D eigenvalue weighted by Gasteiger charge is 2.55. The van der Waals surface area contributed by atoms with Crippen LogP contribution in [0.5, 0.6) is 5.75 Å². The van der Waals surface area contributed by atoms with Crippen LogP contribution in [0.3, 0.4) is 0 Å². The Morgan fingerprint density at radius 2 is 1.59 bits per heavy atom. The van der Waals surface area contributed by atoms with E-state index in [4.69, 9.17) is 13.8 Å². The van der Waals surface area contributed by atoms with Gasteiger partial charge in [-0.15, -0.1) is 0 Å². The maximum Gasteiger partial charge on any atom is 0.458 e. The van der Waals surface area contributed by atoms with Crippen molar-refractivity contribution >= 4 is 13.5 Å². The SMILES string of the molecule is CCCCCCCC/C=C\CCCCCCCC(=O)CCCNP(=O)(OC[C@H]1O[C@@H](n2ccc(=O)[nH]c2=O)[C@](C)(F)[C@@H]1O)Oc1ccc(F)cc1. The molecule has 1 aromatic heterocycles. The molecule has 0 aliphatic carbocycles. The third kappa shape index (κ3) is 14.9. The third-order valence-electron chi connectivity index (χ3n) is 8.92. The molecule has 1 unspecified atom stereocenters. The number of allylic oxidation sites excluding steroid dienone is 2. The zero-order valence-corrected chi connectivity index (χ0v) is 30.9. The number of aromatic nitrogens is 2. The molecule has 286 valence electrons. The fourth-order valence-corrected chi connectivity index (χ4v) is 7.27. The molecule has 1 aliphatic heterocycles. The molecule has 3 N–H and O–H groups in total. The molecule has 1 aliphatic rings. The molecule has 0 saturated carbocycles. The number of hydrogen-bond acceptors (Lipinski definition) is 8. The zero-order chi connectivity index (χ0) is 37.1. The number of H-pyrrole nitrogens is 1. The average molecular weight is 740 g/mol. The number of rotatable bonds is 26. The second-order valence-corrected chi connectivity index (χ2v) is 15.1. The number of hydrogen-bond donors (Lipinski definition) is 3. The summed E-state index contributed by atoms with van der Waals surface area (Å²) >= 11 is 0. The van der Waals surface area contributed by atoms with E-state index in [1.54, 1.807) is 0 Å². The van der Waals surface area contributed by atoms with Crippen molar-refractivity contribution in [3.63, 3.8) is 0 Å². The molecule has 0 radical (unpaired) electrons.